The van der Waals surface area contributed by atoms with Gasteiger partial charge in [-0.05, 0) is 106 Å². The third-order valence-corrected chi connectivity index (χ3v) is 11.6. The van der Waals surface area contributed by atoms with Gasteiger partial charge in [0.25, 0.3) is 0 Å². The fourth-order valence-corrected chi connectivity index (χ4v) is 8.30. The lowest BCUT2D eigenvalue weighted by Gasteiger charge is -2.47. The molecular weight excluding hydrogens is 641 g/mol. The Bertz CT molecular complexity index is 1750. The minimum absolute atomic E-state index is 0.114. The number of nitrogens with one attached hydrogen (secondary N) is 2. The van der Waals surface area contributed by atoms with Crippen LogP contribution in [0.1, 0.15) is 57.1 Å². The molecule has 2 saturated heterocycles. The molecule has 1 aliphatic carbocycles. The van der Waals surface area contributed by atoms with Crippen LogP contribution >= 0.6 is 0 Å². The van der Waals surface area contributed by atoms with E-state index in [2.05, 4.69) is 27.4 Å². The monoisotopic (exact) mass is 686 g/mol. The van der Waals surface area contributed by atoms with E-state index in [1.54, 1.807) is 24.3 Å². The number of anilines is 2. The number of aromatic nitrogens is 1. The second kappa shape index (κ2) is 14.2. The van der Waals surface area contributed by atoms with E-state index in [0.717, 1.165) is 69.3 Å². The van der Waals surface area contributed by atoms with E-state index in [-0.39, 0.29) is 23.2 Å². The highest BCUT2D eigenvalue weighted by Gasteiger charge is 2.38. The van der Waals surface area contributed by atoms with Crippen LogP contribution in [-0.4, -0.2) is 82.4 Å². The van der Waals surface area contributed by atoms with Crippen LogP contribution in [0.25, 0.3) is 10.9 Å². The molecule has 0 bridgehead atoms. The molecule has 0 atom stereocenters. The summed E-state index contributed by atoms with van der Waals surface area (Å²) >= 11 is 0. The van der Waals surface area contributed by atoms with Crippen molar-refractivity contribution in [2.45, 2.75) is 81.1 Å². The highest BCUT2D eigenvalue weighted by atomic mass is 32.2. The van der Waals surface area contributed by atoms with E-state index >= 15 is 0 Å². The van der Waals surface area contributed by atoms with Gasteiger partial charge in [0.15, 0.2) is 9.84 Å². The van der Waals surface area contributed by atoms with Crippen LogP contribution in [0.15, 0.2) is 47.4 Å². The number of halogens is 3. The van der Waals surface area contributed by atoms with E-state index in [4.69, 9.17) is 9.47 Å². The molecule has 2 N–H and O–H groups in total. The summed E-state index contributed by atoms with van der Waals surface area (Å²) in [6.45, 7) is 3.09. The molecule has 8 nitrogen and oxygen atoms in total. The molecule has 2 aromatic carbocycles. The van der Waals surface area contributed by atoms with E-state index in [9.17, 15) is 21.6 Å². The largest absolute Gasteiger partial charge is 0.495 e. The van der Waals surface area contributed by atoms with Crippen LogP contribution in [0.4, 0.5) is 24.5 Å². The molecule has 3 heterocycles. The minimum atomic E-state index is -4.42. The molecule has 2 aliphatic heterocycles. The Morgan fingerprint density at radius 2 is 1.73 bits per heavy atom. The quantitative estimate of drug-likeness (QED) is 0.256. The first-order chi connectivity index (χ1) is 22.9. The van der Waals surface area contributed by atoms with Gasteiger partial charge in [-0.1, -0.05) is 12.0 Å². The van der Waals surface area contributed by atoms with Crippen molar-refractivity contribution < 1.29 is 31.1 Å². The molecule has 0 unspecified atom stereocenters. The highest BCUT2D eigenvalue weighted by molar-refractivity contribution is 7.90. The Morgan fingerprint density at radius 3 is 2.40 bits per heavy atom. The zero-order valence-corrected chi connectivity index (χ0v) is 28.5. The van der Waals surface area contributed by atoms with Crippen LogP contribution in [0.5, 0.6) is 5.75 Å². The lowest BCUT2D eigenvalue weighted by molar-refractivity contribution is -0.140. The number of rotatable bonds is 8. The number of alkyl halides is 3. The first-order valence-electron chi connectivity index (χ1n) is 16.8. The zero-order valence-electron chi connectivity index (χ0n) is 27.7. The number of piperidine rings is 1. The SMILES string of the molecule is COc1cc(S(C)(=O)=O)ccc1NCC#Cc1cc2c(N[C@H]3CC[C@@H](N4CCC5(CCOCC5)CC4)CC3)cccc2n1CC(F)(F)F. The van der Waals surface area contributed by atoms with Crippen LogP contribution in [-0.2, 0) is 21.1 Å². The maximum absolute atomic E-state index is 13.7. The van der Waals surface area contributed by atoms with Crippen LogP contribution in [0.3, 0.4) is 0 Å². The molecule has 3 aliphatic rings. The lowest BCUT2D eigenvalue weighted by Crippen LogP contribution is -2.48. The van der Waals surface area contributed by atoms with E-state index in [1.165, 1.54) is 49.5 Å². The highest BCUT2D eigenvalue weighted by Crippen LogP contribution is 2.42. The van der Waals surface area contributed by atoms with Gasteiger partial charge in [-0.2, -0.15) is 13.2 Å². The van der Waals surface area contributed by atoms with Gasteiger partial charge in [0.2, 0.25) is 0 Å². The van der Waals surface area contributed by atoms with Crippen molar-refractivity contribution in [3.63, 3.8) is 0 Å². The molecule has 1 spiro atoms. The minimum Gasteiger partial charge on any atom is -0.495 e. The summed E-state index contributed by atoms with van der Waals surface area (Å²) in [6.07, 6.45) is 5.87. The summed E-state index contributed by atoms with van der Waals surface area (Å²) in [5.41, 5.74) is 2.59. The molecule has 0 radical (unpaired) electrons. The van der Waals surface area contributed by atoms with Crippen LogP contribution in [0.2, 0.25) is 0 Å². The Morgan fingerprint density at radius 1 is 1.00 bits per heavy atom. The van der Waals surface area contributed by atoms with E-state index in [1.807, 2.05) is 6.07 Å². The van der Waals surface area contributed by atoms with Gasteiger partial charge in [0.1, 0.15) is 12.3 Å². The van der Waals surface area contributed by atoms with Crippen molar-refractivity contribution in [2.75, 3.05) is 56.8 Å². The van der Waals surface area contributed by atoms with Crippen molar-refractivity contribution in [3.05, 3.63) is 48.2 Å². The van der Waals surface area contributed by atoms with Crippen molar-refractivity contribution in [1.29, 1.82) is 0 Å². The summed E-state index contributed by atoms with van der Waals surface area (Å²) in [5.74, 6) is 6.20. The second-order valence-corrected chi connectivity index (χ2v) is 15.6. The number of fused-ring (bicyclic) bond motifs is 1. The second-order valence-electron chi connectivity index (χ2n) is 13.6. The Hall–Kier alpha value is -3.40. The van der Waals surface area contributed by atoms with Crippen LogP contribution < -0.4 is 15.4 Å². The molecule has 3 fully saturated rings. The number of ether oxygens (including phenoxy) is 2. The molecule has 1 saturated carbocycles. The summed E-state index contributed by atoms with van der Waals surface area (Å²) in [4.78, 5) is 2.81. The molecule has 12 heteroatoms. The number of likely N-dealkylation sites (tertiary alicyclic amines) is 1. The average Bonchev–Trinajstić information content (AvgIpc) is 3.40. The molecule has 0 amide bonds. The summed E-state index contributed by atoms with van der Waals surface area (Å²) in [7, 11) is -1.98. The molecule has 6 rings (SSSR count). The summed E-state index contributed by atoms with van der Waals surface area (Å²) in [6, 6.07) is 12.5. The van der Waals surface area contributed by atoms with Gasteiger partial charge in [0, 0.05) is 48.7 Å². The lowest BCUT2D eigenvalue weighted by atomic mass is 9.72. The predicted molar refractivity (Wildman–Crippen MR) is 182 cm³/mol. The van der Waals surface area contributed by atoms with E-state index < -0.39 is 22.6 Å². The van der Waals surface area contributed by atoms with Gasteiger partial charge in [-0.25, -0.2) is 8.42 Å². The summed E-state index contributed by atoms with van der Waals surface area (Å²) < 4.78 is 77.2. The van der Waals surface area contributed by atoms with E-state index in [0.29, 0.717) is 28.4 Å². The van der Waals surface area contributed by atoms with Gasteiger partial charge in [-0.15, -0.1) is 0 Å². The van der Waals surface area contributed by atoms with Crippen molar-refractivity contribution >= 4 is 32.1 Å². The fourth-order valence-electron chi connectivity index (χ4n) is 7.66. The third-order valence-electron chi connectivity index (χ3n) is 10.5. The first kappa shape index (κ1) is 34.5. The van der Waals surface area contributed by atoms with Crippen molar-refractivity contribution in [3.8, 4) is 17.6 Å². The standard InChI is InChI=1S/C36H45F3N4O4S/c1-46-34-24-29(48(2,44)45)12-13-32(34)40-18-4-5-28-23-30-31(6-3-7-33(30)43(28)25-36(37,38)39)41-26-8-10-27(11-9-26)42-19-14-35(15-20-42)16-21-47-22-17-35/h3,6-7,12-13,23-24,26-27,40-41H,8-11,14-22,25H2,1-2H3/t26-,27+. The van der Waals surface area contributed by atoms with Gasteiger partial charge in [-0.3, -0.25) is 0 Å². The fraction of sp³-hybridized carbons (Fsp3) is 0.556. The van der Waals surface area contributed by atoms with Gasteiger partial charge < -0.3 is 29.6 Å². The van der Waals surface area contributed by atoms with Gasteiger partial charge in [0.05, 0.1) is 35.4 Å². The molecule has 260 valence electrons. The molecule has 1 aromatic heterocycles. The molecular formula is C36H45F3N4O4S. The Balaban J connectivity index is 1.12. The molecule has 3 aromatic rings. The Labute approximate surface area is 281 Å². The smallest absolute Gasteiger partial charge is 0.406 e. The number of sulfone groups is 1. The Kier molecular flexibility index (Phi) is 10.2. The zero-order chi connectivity index (χ0) is 33.9. The predicted octanol–water partition coefficient (Wildman–Crippen LogP) is 6.70. The number of nitrogens with zero attached hydrogens (tertiary/aromatic N) is 2. The average molecular weight is 687 g/mol. The van der Waals surface area contributed by atoms with Crippen molar-refractivity contribution in [2.24, 2.45) is 5.41 Å². The number of hydrogen-bond donors (Lipinski definition) is 2. The normalized spacial score (nSPS) is 21.9. The number of hydrogen-bond acceptors (Lipinski definition) is 7. The summed E-state index contributed by atoms with van der Waals surface area (Å²) in [5, 5.41) is 7.47. The first-order valence-corrected chi connectivity index (χ1v) is 18.7. The number of methoxy groups -OCH3 is 1. The van der Waals surface area contributed by atoms with Crippen molar-refractivity contribution in [1.82, 2.24) is 9.47 Å². The number of benzene rings is 2. The van der Waals surface area contributed by atoms with Gasteiger partial charge >= 0.3 is 6.18 Å². The van der Waals surface area contributed by atoms with Crippen LogP contribution in [0, 0.1) is 17.3 Å². The molecule has 48 heavy (non-hydrogen) atoms. The maximum Gasteiger partial charge on any atom is 0.406 e. The maximum atomic E-state index is 13.7. The topological polar surface area (TPSA) is 84.8 Å². The third kappa shape index (κ3) is 8.07.